The van der Waals surface area contributed by atoms with Gasteiger partial charge in [-0.2, -0.15) is 5.10 Å². The second kappa shape index (κ2) is 5.53. The normalized spacial score (nSPS) is 11.0. The molecule has 0 aliphatic carbocycles. The molecule has 0 unspecified atom stereocenters. The summed E-state index contributed by atoms with van der Waals surface area (Å²) >= 11 is 0. The summed E-state index contributed by atoms with van der Waals surface area (Å²) in [6.07, 6.45) is 1.33. The average molecular weight is 303 g/mol. The molecule has 4 rings (SSSR count). The lowest BCUT2D eigenvalue weighted by molar-refractivity contribution is 0.420. The molecule has 0 saturated carbocycles. The van der Waals surface area contributed by atoms with Gasteiger partial charge in [-0.05, 0) is 12.1 Å². The highest BCUT2D eigenvalue weighted by molar-refractivity contribution is 5.78. The number of para-hydroxylation sites is 1. The fourth-order valence-electron chi connectivity index (χ4n) is 2.57. The Morgan fingerprint density at radius 1 is 1.00 bits per heavy atom. The van der Waals surface area contributed by atoms with E-state index in [0.29, 0.717) is 17.7 Å². The Morgan fingerprint density at radius 2 is 1.78 bits per heavy atom. The minimum absolute atomic E-state index is 0.0815. The minimum atomic E-state index is -0.0815. The molecule has 112 valence electrons. The summed E-state index contributed by atoms with van der Waals surface area (Å²) < 4.78 is 7.16. The number of benzene rings is 2. The van der Waals surface area contributed by atoms with Crippen LogP contribution in [-0.4, -0.2) is 14.9 Å². The van der Waals surface area contributed by atoms with E-state index >= 15 is 0 Å². The molecule has 0 aliphatic rings. The van der Waals surface area contributed by atoms with Crippen molar-refractivity contribution in [2.24, 2.45) is 0 Å². The molecule has 0 bridgehead atoms. The highest BCUT2D eigenvalue weighted by Crippen LogP contribution is 2.20. The van der Waals surface area contributed by atoms with Crippen LogP contribution in [-0.2, 0) is 6.54 Å². The molecule has 0 fully saturated rings. The van der Waals surface area contributed by atoms with Crippen LogP contribution in [0.2, 0.25) is 0 Å². The van der Waals surface area contributed by atoms with Gasteiger partial charge in [0.1, 0.15) is 5.69 Å². The molecule has 2 aromatic carbocycles. The molecule has 2 aromatic heterocycles. The maximum absolute atomic E-state index is 11.9. The first-order valence-electron chi connectivity index (χ1n) is 7.27. The van der Waals surface area contributed by atoms with Crippen LogP contribution in [0, 0.1) is 0 Å². The fraction of sp³-hybridized carbons (Fsp3) is 0.0556. The highest BCUT2D eigenvalue weighted by Gasteiger charge is 2.09. The summed E-state index contributed by atoms with van der Waals surface area (Å²) in [5.74, 6) is 0.714. The average Bonchev–Trinajstić information content (AvgIpc) is 3.07. The Morgan fingerprint density at radius 3 is 2.65 bits per heavy atom. The quantitative estimate of drug-likeness (QED) is 0.583. The lowest BCUT2D eigenvalue weighted by Gasteiger charge is -2.06. The lowest BCUT2D eigenvalue weighted by atomic mass is 10.1. The van der Waals surface area contributed by atoms with Crippen molar-refractivity contribution in [2.45, 2.75) is 6.54 Å². The van der Waals surface area contributed by atoms with Crippen LogP contribution in [0.1, 0.15) is 5.69 Å². The molecule has 0 atom stereocenters. The smallest absolute Gasteiger partial charge is 0.207 e. The molecule has 5 heteroatoms. The van der Waals surface area contributed by atoms with Crippen LogP contribution < -0.4 is 5.43 Å². The zero-order valence-electron chi connectivity index (χ0n) is 12.2. The summed E-state index contributed by atoms with van der Waals surface area (Å²) in [5.41, 5.74) is 2.43. The maximum Gasteiger partial charge on any atom is 0.207 e. The van der Waals surface area contributed by atoms with Gasteiger partial charge in [0, 0.05) is 17.0 Å². The van der Waals surface area contributed by atoms with Crippen LogP contribution in [0.15, 0.2) is 76.2 Å². The first-order valence-corrected chi connectivity index (χ1v) is 7.27. The predicted octanol–water partition coefficient (Wildman–Crippen LogP) is 3.10. The van der Waals surface area contributed by atoms with Gasteiger partial charge in [0.15, 0.2) is 5.76 Å². The van der Waals surface area contributed by atoms with Gasteiger partial charge in [0.2, 0.25) is 5.43 Å². The van der Waals surface area contributed by atoms with Crippen LogP contribution >= 0.6 is 0 Å². The van der Waals surface area contributed by atoms with E-state index in [1.807, 2.05) is 54.6 Å². The summed E-state index contributed by atoms with van der Waals surface area (Å²) in [5, 5.41) is 8.96. The topological polar surface area (TPSA) is 60.9 Å². The molecule has 0 aliphatic heterocycles. The second-order valence-electron chi connectivity index (χ2n) is 5.23. The molecule has 0 saturated heterocycles. The van der Waals surface area contributed by atoms with Gasteiger partial charge >= 0.3 is 0 Å². The second-order valence-corrected chi connectivity index (χ2v) is 5.23. The number of rotatable bonds is 3. The van der Waals surface area contributed by atoms with Crippen molar-refractivity contribution in [3.05, 3.63) is 82.8 Å². The monoisotopic (exact) mass is 303 g/mol. The number of hydrogen-bond acceptors (Lipinski definition) is 4. The van der Waals surface area contributed by atoms with E-state index in [0.717, 1.165) is 16.8 Å². The molecule has 23 heavy (non-hydrogen) atoms. The van der Waals surface area contributed by atoms with Gasteiger partial charge in [-0.1, -0.05) is 47.6 Å². The molecule has 2 heterocycles. The van der Waals surface area contributed by atoms with E-state index in [4.69, 9.17) is 4.52 Å². The Bertz CT molecular complexity index is 1020. The SMILES string of the molecule is O=c1cnn(Cc2cc(-c3ccccc3)on2)c2ccccc12. The third-order valence-electron chi connectivity index (χ3n) is 3.69. The summed E-state index contributed by atoms with van der Waals surface area (Å²) in [6, 6.07) is 19.1. The van der Waals surface area contributed by atoms with E-state index in [1.165, 1.54) is 6.20 Å². The fourth-order valence-corrected chi connectivity index (χ4v) is 2.57. The lowest BCUT2D eigenvalue weighted by Crippen LogP contribution is -2.12. The maximum atomic E-state index is 11.9. The van der Waals surface area contributed by atoms with E-state index in [-0.39, 0.29) is 5.43 Å². The molecule has 0 amide bonds. The Labute approximate surface area is 131 Å². The van der Waals surface area contributed by atoms with Crippen LogP contribution in [0.25, 0.3) is 22.2 Å². The van der Waals surface area contributed by atoms with E-state index in [9.17, 15) is 4.79 Å². The van der Waals surface area contributed by atoms with Crippen molar-refractivity contribution in [1.82, 2.24) is 14.9 Å². The molecular formula is C18H13N3O2. The Hall–Kier alpha value is -3.21. The van der Waals surface area contributed by atoms with Crippen LogP contribution in [0.5, 0.6) is 0 Å². The standard InChI is InChI=1S/C18H13N3O2/c22-17-11-19-21(16-9-5-4-8-15(16)17)12-14-10-18(23-20-14)13-6-2-1-3-7-13/h1-11H,12H2. The number of hydrogen-bond donors (Lipinski definition) is 0. The molecule has 0 radical (unpaired) electrons. The van der Waals surface area contributed by atoms with Gasteiger partial charge in [0.25, 0.3) is 0 Å². The summed E-state index contributed by atoms with van der Waals surface area (Å²) in [4.78, 5) is 11.9. The van der Waals surface area contributed by atoms with Gasteiger partial charge in [-0.3, -0.25) is 9.48 Å². The summed E-state index contributed by atoms with van der Waals surface area (Å²) in [7, 11) is 0. The van der Waals surface area contributed by atoms with Crippen molar-refractivity contribution in [3.8, 4) is 11.3 Å². The Balaban J connectivity index is 1.71. The molecular weight excluding hydrogens is 290 g/mol. The van der Waals surface area contributed by atoms with Crippen molar-refractivity contribution in [2.75, 3.05) is 0 Å². The molecule has 5 nitrogen and oxygen atoms in total. The molecule has 4 aromatic rings. The van der Waals surface area contributed by atoms with E-state index in [1.54, 1.807) is 10.7 Å². The largest absolute Gasteiger partial charge is 0.356 e. The molecule has 0 spiro atoms. The van der Waals surface area contributed by atoms with Crippen molar-refractivity contribution < 1.29 is 4.52 Å². The zero-order valence-corrected chi connectivity index (χ0v) is 12.2. The van der Waals surface area contributed by atoms with Crippen LogP contribution in [0.3, 0.4) is 0 Å². The highest BCUT2D eigenvalue weighted by atomic mass is 16.5. The Kier molecular flexibility index (Phi) is 3.24. The van der Waals surface area contributed by atoms with Crippen molar-refractivity contribution in [1.29, 1.82) is 0 Å². The number of fused-ring (bicyclic) bond motifs is 1. The van der Waals surface area contributed by atoms with Gasteiger partial charge in [-0.15, -0.1) is 0 Å². The third kappa shape index (κ3) is 2.53. The first kappa shape index (κ1) is 13.5. The first-order chi connectivity index (χ1) is 11.3. The van der Waals surface area contributed by atoms with E-state index < -0.39 is 0 Å². The van der Waals surface area contributed by atoms with Gasteiger partial charge in [0.05, 0.1) is 18.3 Å². The number of nitrogens with zero attached hydrogens (tertiary/aromatic N) is 3. The van der Waals surface area contributed by atoms with Crippen molar-refractivity contribution in [3.63, 3.8) is 0 Å². The van der Waals surface area contributed by atoms with Crippen molar-refractivity contribution >= 4 is 10.9 Å². The minimum Gasteiger partial charge on any atom is -0.356 e. The molecule has 0 N–H and O–H groups in total. The zero-order chi connectivity index (χ0) is 15.6. The summed E-state index contributed by atoms with van der Waals surface area (Å²) in [6.45, 7) is 0.442. The van der Waals surface area contributed by atoms with Gasteiger partial charge < -0.3 is 4.52 Å². The van der Waals surface area contributed by atoms with Crippen LogP contribution in [0.4, 0.5) is 0 Å². The third-order valence-corrected chi connectivity index (χ3v) is 3.69. The van der Waals surface area contributed by atoms with E-state index in [2.05, 4.69) is 10.3 Å². The number of aromatic nitrogens is 3. The van der Waals surface area contributed by atoms with Gasteiger partial charge in [-0.25, -0.2) is 0 Å². The predicted molar refractivity (Wildman–Crippen MR) is 87.0 cm³/mol.